The van der Waals surface area contributed by atoms with Gasteiger partial charge in [-0.25, -0.2) is 0 Å². The first-order valence-electron chi connectivity index (χ1n) is 4.72. The molecule has 0 spiro atoms. The zero-order chi connectivity index (χ0) is 14.4. The van der Waals surface area contributed by atoms with Gasteiger partial charge in [0.05, 0.1) is 0 Å². The molecule has 0 radical (unpaired) electrons. The third-order valence-corrected chi connectivity index (χ3v) is 2.11. The molecule has 0 aliphatic heterocycles. The van der Waals surface area contributed by atoms with Crippen molar-refractivity contribution in [2.75, 3.05) is 0 Å². The Morgan fingerprint density at radius 1 is 0.722 bits per heavy atom. The van der Waals surface area contributed by atoms with Crippen LogP contribution < -0.4 is 0 Å². The van der Waals surface area contributed by atoms with Crippen molar-refractivity contribution in [2.45, 2.75) is 34.1 Å². The number of allylic oxidation sites excluding steroid dienone is 6. The summed E-state index contributed by atoms with van der Waals surface area (Å²) in [6.07, 6.45) is 5.69. The summed E-state index contributed by atoms with van der Waals surface area (Å²) in [6.45, 7) is 22.2. The molecule has 0 N–H and O–H groups in total. The molecule has 0 atom stereocenters. The van der Waals surface area contributed by atoms with E-state index in [0.717, 1.165) is 6.42 Å². The third kappa shape index (κ3) is 13.2. The van der Waals surface area contributed by atoms with Gasteiger partial charge in [0.2, 0.25) is 0 Å². The molecule has 1 aliphatic rings. The Bertz CT molecular complexity index is 328. The summed E-state index contributed by atoms with van der Waals surface area (Å²) in [5.41, 5.74) is 5.74. The van der Waals surface area contributed by atoms with Gasteiger partial charge in [-0.1, -0.05) is 23.3 Å². The molecule has 96 valence electrons. The predicted molar refractivity (Wildman–Crippen MR) is 62.3 cm³/mol. The minimum Gasteiger partial charge on any atom is 0 e. The summed E-state index contributed by atoms with van der Waals surface area (Å²) < 4.78 is 22.5. The van der Waals surface area contributed by atoms with Crippen LogP contribution in [0.3, 0.4) is 0 Å². The van der Waals surface area contributed by atoms with Crippen LogP contribution in [0.25, 0.3) is 0 Å². The van der Waals surface area contributed by atoms with Gasteiger partial charge in [0.1, 0.15) is 0 Å². The summed E-state index contributed by atoms with van der Waals surface area (Å²) in [5.74, 6) is 0. The van der Waals surface area contributed by atoms with Gasteiger partial charge in [0.25, 0.3) is 0 Å². The van der Waals surface area contributed by atoms with Crippen molar-refractivity contribution in [3.05, 3.63) is 54.4 Å². The van der Waals surface area contributed by atoms with Crippen molar-refractivity contribution >= 4 is 0 Å². The SMILES string of the molecule is CC1=CC(C)=C(C)C=C(C)C1.[C-]#[O+].[C-]#[O+].[C-]#[O+].[Mo]. The topological polar surface area (TPSA) is 59.7 Å². The summed E-state index contributed by atoms with van der Waals surface area (Å²) in [5, 5.41) is 0. The van der Waals surface area contributed by atoms with Crippen molar-refractivity contribution in [1.29, 1.82) is 0 Å². The molecular weight excluding hydrogens is 312 g/mol. The molecule has 1 rings (SSSR count). The van der Waals surface area contributed by atoms with Crippen LogP contribution in [0.15, 0.2) is 34.4 Å². The average molecular weight is 328 g/mol. The van der Waals surface area contributed by atoms with Crippen LogP contribution in [-0.2, 0) is 35.0 Å². The molecule has 0 saturated carbocycles. The van der Waals surface area contributed by atoms with Crippen molar-refractivity contribution in [1.82, 2.24) is 0 Å². The molecule has 0 bridgehead atoms. The molecule has 0 unspecified atom stereocenters. The van der Waals surface area contributed by atoms with Crippen molar-refractivity contribution in [2.24, 2.45) is 0 Å². The standard InChI is InChI=1S/C11H16.3CO.Mo/c1-8-5-9(2)7-11(4)10(3)6-8;3*1-2;/h6-7H,5H2,1-4H3;;;;. The maximum Gasteiger partial charge on any atom is 0 e. The van der Waals surface area contributed by atoms with Gasteiger partial charge in [0.15, 0.2) is 0 Å². The van der Waals surface area contributed by atoms with Crippen LogP contribution in [0.2, 0.25) is 0 Å². The maximum absolute atomic E-state index is 7.50. The van der Waals surface area contributed by atoms with Gasteiger partial charge in [-0.05, 0) is 45.3 Å². The Kier molecular flexibility index (Phi) is 26.6. The Hall–Kier alpha value is -0.872. The molecule has 0 fully saturated rings. The first-order chi connectivity index (χ1) is 8.09. The van der Waals surface area contributed by atoms with Gasteiger partial charge >= 0.3 is 33.9 Å². The Labute approximate surface area is 123 Å². The molecule has 0 amide bonds. The Balaban J connectivity index is -0.000000123. The third-order valence-electron chi connectivity index (χ3n) is 2.11. The zero-order valence-electron chi connectivity index (χ0n) is 11.0. The van der Waals surface area contributed by atoms with Crippen molar-refractivity contribution < 1.29 is 35.0 Å². The summed E-state index contributed by atoms with van der Waals surface area (Å²) in [4.78, 5) is 0. The second kappa shape index (κ2) is 18.5. The fourth-order valence-electron chi connectivity index (χ4n) is 1.51. The van der Waals surface area contributed by atoms with E-state index in [4.69, 9.17) is 14.0 Å². The second-order valence-electron chi connectivity index (χ2n) is 3.52. The molecule has 18 heavy (non-hydrogen) atoms. The molecule has 0 heterocycles. The predicted octanol–water partition coefficient (Wildman–Crippen LogP) is 3.50. The summed E-state index contributed by atoms with van der Waals surface area (Å²) >= 11 is 0. The second-order valence-corrected chi connectivity index (χ2v) is 3.52. The van der Waals surface area contributed by atoms with E-state index in [0.29, 0.717) is 0 Å². The molecule has 0 aromatic rings. The Morgan fingerprint density at radius 3 is 1.17 bits per heavy atom. The molecule has 3 nitrogen and oxygen atoms in total. The van der Waals surface area contributed by atoms with Gasteiger partial charge in [0, 0.05) is 21.1 Å². The maximum atomic E-state index is 7.50. The van der Waals surface area contributed by atoms with Crippen LogP contribution in [0.4, 0.5) is 0 Å². The van der Waals surface area contributed by atoms with Crippen molar-refractivity contribution in [3.8, 4) is 0 Å². The quantitative estimate of drug-likeness (QED) is 0.371. The molecule has 0 aromatic carbocycles. The van der Waals surface area contributed by atoms with E-state index in [1.54, 1.807) is 0 Å². The monoisotopic (exact) mass is 330 g/mol. The number of rotatable bonds is 0. The normalized spacial score (nSPS) is 12.1. The first kappa shape index (κ1) is 25.9. The molecule has 1 aliphatic carbocycles. The number of hydrogen-bond acceptors (Lipinski definition) is 0. The van der Waals surface area contributed by atoms with E-state index in [1.807, 2.05) is 0 Å². The van der Waals surface area contributed by atoms with E-state index in [1.165, 1.54) is 22.3 Å². The molecule has 0 aromatic heterocycles. The minimum absolute atomic E-state index is 0. The number of hydrogen-bond donors (Lipinski definition) is 0. The van der Waals surface area contributed by atoms with Crippen LogP contribution in [0.1, 0.15) is 34.1 Å². The van der Waals surface area contributed by atoms with Crippen LogP contribution >= 0.6 is 0 Å². The van der Waals surface area contributed by atoms with E-state index >= 15 is 0 Å². The van der Waals surface area contributed by atoms with Gasteiger partial charge in [-0.3, -0.25) is 0 Å². The summed E-state index contributed by atoms with van der Waals surface area (Å²) in [6, 6.07) is 0. The van der Waals surface area contributed by atoms with Gasteiger partial charge in [-0.2, -0.15) is 0 Å². The fourth-order valence-corrected chi connectivity index (χ4v) is 1.51. The van der Waals surface area contributed by atoms with E-state index in [2.05, 4.69) is 59.8 Å². The van der Waals surface area contributed by atoms with Crippen LogP contribution in [0.5, 0.6) is 0 Å². The Morgan fingerprint density at radius 2 is 0.944 bits per heavy atom. The minimum atomic E-state index is 0. The van der Waals surface area contributed by atoms with E-state index in [-0.39, 0.29) is 21.1 Å². The molecule has 0 saturated heterocycles. The van der Waals surface area contributed by atoms with Gasteiger partial charge < -0.3 is 0 Å². The zero-order valence-corrected chi connectivity index (χ0v) is 13.0. The molecular formula is C14H16MoO3. The average Bonchev–Trinajstić information content (AvgIpc) is 2.45. The van der Waals surface area contributed by atoms with E-state index in [9.17, 15) is 0 Å². The van der Waals surface area contributed by atoms with Crippen LogP contribution in [-0.4, -0.2) is 0 Å². The molecule has 4 heteroatoms. The van der Waals surface area contributed by atoms with Gasteiger partial charge in [-0.15, -0.1) is 0 Å². The summed E-state index contributed by atoms with van der Waals surface area (Å²) in [7, 11) is 0. The smallest absolute Gasteiger partial charge is 0 e. The largest absolute Gasteiger partial charge is 0 e. The fraction of sp³-hybridized carbons (Fsp3) is 0.357. The van der Waals surface area contributed by atoms with Crippen molar-refractivity contribution in [3.63, 3.8) is 0 Å². The van der Waals surface area contributed by atoms with E-state index < -0.39 is 0 Å². The first-order valence-corrected chi connectivity index (χ1v) is 4.72. The van der Waals surface area contributed by atoms with Crippen LogP contribution in [0, 0.1) is 20.0 Å².